The summed E-state index contributed by atoms with van der Waals surface area (Å²) >= 11 is 5.77. The van der Waals surface area contributed by atoms with Crippen molar-refractivity contribution in [3.63, 3.8) is 0 Å². The number of benzene rings is 1. The van der Waals surface area contributed by atoms with Crippen molar-refractivity contribution in [1.29, 1.82) is 0 Å². The summed E-state index contributed by atoms with van der Waals surface area (Å²) in [4.78, 5) is 27.2. The molecule has 0 radical (unpaired) electrons. The van der Waals surface area contributed by atoms with E-state index >= 15 is 0 Å². The molecule has 3 N–H and O–H groups in total. The molecule has 2 heterocycles. The lowest BCUT2D eigenvalue weighted by molar-refractivity contribution is -0.00354. The first-order chi connectivity index (χ1) is 12.9. The first-order valence-electron chi connectivity index (χ1n) is 8.34. The fourth-order valence-electron chi connectivity index (χ4n) is 2.61. The molecule has 1 aliphatic heterocycles. The monoisotopic (exact) mass is 395 g/mol. The number of nitrogens with one attached hydrogen (secondary N) is 3. The van der Waals surface area contributed by atoms with Crippen molar-refractivity contribution in [2.24, 2.45) is 0 Å². The Balaban J connectivity index is 1.83. The molecule has 2 aromatic rings. The minimum atomic E-state index is -0.711. The summed E-state index contributed by atoms with van der Waals surface area (Å²) in [6, 6.07) is 5.61. The van der Waals surface area contributed by atoms with Gasteiger partial charge in [0.25, 0.3) is 11.8 Å². The lowest BCUT2D eigenvalue weighted by Gasteiger charge is -2.26. The van der Waals surface area contributed by atoms with Crippen LogP contribution in [-0.4, -0.2) is 43.1 Å². The fraction of sp³-hybridized carbons (Fsp3) is 0.333. The summed E-state index contributed by atoms with van der Waals surface area (Å²) in [5.41, 5.74) is 0.522. The zero-order valence-electron chi connectivity index (χ0n) is 14.8. The van der Waals surface area contributed by atoms with E-state index in [9.17, 15) is 14.0 Å². The highest BCUT2D eigenvalue weighted by molar-refractivity contribution is 6.30. The van der Waals surface area contributed by atoms with Gasteiger partial charge in [0, 0.05) is 23.7 Å². The van der Waals surface area contributed by atoms with Gasteiger partial charge < -0.3 is 25.1 Å². The van der Waals surface area contributed by atoms with E-state index in [0.29, 0.717) is 13.2 Å². The van der Waals surface area contributed by atoms with E-state index in [0.717, 1.165) is 0 Å². The Kier molecular flexibility index (Phi) is 5.67. The van der Waals surface area contributed by atoms with Crippen LogP contribution in [0.4, 0.5) is 4.39 Å². The van der Waals surface area contributed by atoms with Crippen molar-refractivity contribution in [2.75, 3.05) is 20.3 Å². The molecule has 2 amide bonds. The number of aromatic nitrogens is 1. The number of rotatable bonds is 6. The van der Waals surface area contributed by atoms with Crippen molar-refractivity contribution < 1.29 is 23.5 Å². The molecule has 1 fully saturated rings. The number of carbonyl (C=O) groups is 2. The van der Waals surface area contributed by atoms with Gasteiger partial charge >= 0.3 is 0 Å². The van der Waals surface area contributed by atoms with Crippen LogP contribution >= 0.6 is 11.6 Å². The number of carbonyl (C=O) groups excluding carboxylic acids is 2. The topological polar surface area (TPSA) is 92.5 Å². The molecule has 1 atom stereocenters. The SMILES string of the molecule is CNC(=O)c1[nH]c(C(=O)NC2COC2)cc1O[C@H](C)c1ccc(Cl)cc1F. The first kappa shape index (κ1) is 19.2. The van der Waals surface area contributed by atoms with Crippen molar-refractivity contribution in [1.82, 2.24) is 15.6 Å². The average Bonchev–Trinajstić information content (AvgIpc) is 3.01. The number of ether oxygens (including phenoxy) is 2. The van der Waals surface area contributed by atoms with Gasteiger partial charge in [-0.1, -0.05) is 17.7 Å². The van der Waals surface area contributed by atoms with E-state index in [4.69, 9.17) is 21.1 Å². The van der Waals surface area contributed by atoms with Gasteiger partial charge in [-0.15, -0.1) is 0 Å². The Labute approximate surface area is 160 Å². The van der Waals surface area contributed by atoms with Gasteiger partial charge in [-0.2, -0.15) is 0 Å². The Morgan fingerprint density at radius 1 is 1.33 bits per heavy atom. The molecule has 9 heteroatoms. The van der Waals surface area contributed by atoms with Crippen LogP contribution in [0.15, 0.2) is 24.3 Å². The second-order valence-electron chi connectivity index (χ2n) is 6.14. The molecule has 1 aromatic heterocycles. The smallest absolute Gasteiger partial charge is 0.271 e. The highest BCUT2D eigenvalue weighted by Crippen LogP contribution is 2.29. The predicted molar refractivity (Wildman–Crippen MR) is 96.7 cm³/mol. The van der Waals surface area contributed by atoms with Crippen LogP contribution in [0.2, 0.25) is 5.02 Å². The third-order valence-electron chi connectivity index (χ3n) is 4.16. The number of aromatic amines is 1. The lowest BCUT2D eigenvalue weighted by atomic mass is 10.1. The van der Waals surface area contributed by atoms with E-state index in [-0.39, 0.29) is 39.7 Å². The molecule has 0 spiro atoms. The number of halogens is 2. The maximum atomic E-state index is 14.1. The van der Waals surface area contributed by atoms with Crippen LogP contribution in [0.3, 0.4) is 0 Å². The molecular weight excluding hydrogens is 377 g/mol. The molecule has 27 heavy (non-hydrogen) atoms. The molecule has 1 aromatic carbocycles. The van der Waals surface area contributed by atoms with Gasteiger partial charge in [-0.25, -0.2) is 4.39 Å². The normalized spacial score (nSPS) is 15.0. The standard InChI is InChI=1S/C18H19ClFN3O4/c1-9(12-4-3-10(19)5-13(12)20)27-15-6-14(23-16(15)18(25)21-2)17(24)22-11-7-26-8-11/h3-6,9,11,23H,7-8H2,1-2H3,(H,21,25)(H,22,24)/t9-/m1/s1. The Morgan fingerprint density at radius 2 is 2.07 bits per heavy atom. The Morgan fingerprint density at radius 3 is 2.67 bits per heavy atom. The van der Waals surface area contributed by atoms with Crippen LogP contribution in [0, 0.1) is 5.82 Å². The second-order valence-corrected chi connectivity index (χ2v) is 6.57. The number of hydrogen-bond donors (Lipinski definition) is 3. The minimum absolute atomic E-state index is 0.0595. The molecule has 7 nitrogen and oxygen atoms in total. The van der Waals surface area contributed by atoms with Crippen molar-refractivity contribution in [3.8, 4) is 5.75 Å². The summed E-state index contributed by atoms with van der Waals surface area (Å²) in [7, 11) is 1.46. The number of hydrogen-bond acceptors (Lipinski definition) is 4. The quantitative estimate of drug-likeness (QED) is 0.700. The lowest BCUT2D eigenvalue weighted by Crippen LogP contribution is -2.48. The maximum absolute atomic E-state index is 14.1. The molecule has 0 saturated carbocycles. The first-order valence-corrected chi connectivity index (χ1v) is 8.72. The molecule has 1 saturated heterocycles. The second kappa shape index (κ2) is 7.98. The van der Waals surface area contributed by atoms with Crippen LogP contribution in [-0.2, 0) is 4.74 Å². The summed E-state index contributed by atoms with van der Waals surface area (Å²) in [6.45, 7) is 2.54. The molecule has 0 bridgehead atoms. The largest absolute Gasteiger partial charge is 0.483 e. The van der Waals surface area contributed by atoms with Gasteiger partial charge in [0.1, 0.15) is 23.3 Å². The molecular formula is C18H19ClFN3O4. The number of H-pyrrole nitrogens is 1. The van der Waals surface area contributed by atoms with Gasteiger partial charge in [0.2, 0.25) is 0 Å². The van der Waals surface area contributed by atoms with Crippen molar-refractivity contribution in [3.05, 3.63) is 52.1 Å². The van der Waals surface area contributed by atoms with Gasteiger partial charge in [0.05, 0.1) is 19.3 Å². The van der Waals surface area contributed by atoms with E-state index < -0.39 is 17.8 Å². The van der Waals surface area contributed by atoms with Crippen LogP contribution < -0.4 is 15.4 Å². The fourth-order valence-corrected chi connectivity index (χ4v) is 2.77. The summed E-state index contributed by atoms with van der Waals surface area (Å²) in [5, 5.41) is 5.52. The molecule has 0 aliphatic carbocycles. The molecule has 1 aliphatic rings. The van der Waals surface area contributed by atoms with Crippen LogP contribution in [0.1, 0.15) is 39.6 Å². The molecule has 3 rings (SSSR count). The van der Waals surface area contributed by atoms with E-state index in [1.165, 1.54) is 25.2 Å². The van der Waals surface area contributed by atoms with Crippen molar-refractivity contribution in [2.45, 2.75) is 19.1 Å². The Bertz CT molecular complexity index is 866. The highest BCUT2D eigenvalue weighted by Gasteiger charge is 2.25. The van der Waals surface area contributed by atoms with Crippen LogP contribution in [0.5, 0.6) is 5.75 Å². The Hall–Kier alpha value is -2.58. The third-order valence-corrected chi connectivity index (χ3v) is 4.39. The zero-order chi connectivity index (χ0) is 19.6. The van der Waals surface area contributed by atoms with E-state index in [1.54, 1.807) is 13.0 Å². The molecule has 0 unspecified atom stereocenters. The van der Waals surface area contributed by atoms with Crippen LogP contribution in [0.25, 0.3) is 0 Å². The predicted octanol–water partition coefficient (Wildman–Crippen LogP) is 2.44. The zero-order valence-corrected chi connectivity index (χ0v) is 15.5. The van der Waals surface area contributed by atoms with Gasteiger partial charge in [0.15, 0.2) is 5.75 Å². The maximum Gasteiger partial charge on any atom is 0.271 e. The van der Waals surface area contributed by atoms with E-state index in [1.807, 2.05) is 0 Å². The van der Waals surface area contributed by atoms with E-state index in [2.05, 4.69) is 15.6 Å². The average molecular weight is 396 g/mol. The van der Waals surface area contributed by atoms with Crippen molar-refractivity contribution >= 4 is 23.4 Å². The summed E-state index contributed by atoms with van der Waals surface area (Å²) in [6.07, 6.45) is -0.711. The van der Waals surface area contributed by atoms with Gasteiger partial charge in [-0.05, 0) is 19.1 Å². The summed E-state index contributed by atoms with van der Waals surface area (Å²) in [5.74, 6) is -1.21. The van der Waals surface area contributed by atoms with Gasteiger partial charge in [-0.3, -0.25) is 9.59 Å². The highest BCUT2D eigenvalue weighted by atomic mass is 35.5. The molecule has 144 valence electrons. The summed E-state index contributed by atoms with van der Waals surface area (Å²) < 4.78 is 24.9. The third kappa shape index (κ3) is 4.23. The number of amides is 2. The minimum Gasteiger partial charge on any atom is -0.483 e.